The highest BCUT2D eigenvalue weighted by Gasteiger charge is 2.32. The van der Waals surface area contributed by atoms with E-state index in [1.807, 2.05) is 11.2 Å². The van der Waals surface area contributed by atoms with E-state index in [4.69, 9.17) is 0 Å². The zero-order valence-corrected chi connectivity index (χ0v) is 11.3. The summed E-state index contributed by atoms with van der Waals surface area (Å²) >= 11 is 1.73. The van der Waals surface area contributed by atoms with Gasteiger partial charge in [0.25, 0.3) is 0 Å². The normalized spacial score (nSPS) is 27.9. The van der Waals surface area contributed by atoms with Crippen molar-refractivity contribution < 1.29 is 9.90 Å². The molecule has 0 spiro atoms. The molecule has 16 heavy (non-hydrogen) atoms. The summed E-state index contributed by atoms with van der Waals surface area (Å²) in [6.07, 6.45) is 4.68. The van der Waals surface area contributed by atoms with Crippen molar-refractivity contribution in [3.8, 4) is 0 Å². The molecule has 1 saturated heterocycles. The monoisotopic (exact) mass is 245 g/mol. The minimum atomic E-state index is -0.0868. The molecule has 0 aromatic heterocycles. The highest BCUT2D eigenvalue weighted by Crippen LogP contribution is 2.29. The van der Waals surface area contributed by atoms with Crippen LogP contribution in [0, 0.1) is 5.41 Å². The van der Waals surface area contributed by atoms with E-state index in [1.165, 1.54) is 0 Å². The van der Waals surface area contributed by atoms with Gasteiger partial charge in [0.2, 0.25) is 5.91 Å². The summed E-state index contributed by atoms with van der Waals surface area (Å²) < 4.78 is 0. The zero-order valence-electron chi connectivity index (χ0n) is 10.5. The Morgan fingerprint density at radius 2 is 2.31 bits per heavy atom. The van der Waals surface area contributed by atoms with Crippen LogP contribution in [-0.2, 0) is 4.79 Å². The first kappa shape index (κ1) is 13.8. The summed E-state index contributed by atoms with van der Waals surface area (Å²) in [4.78, 5) is 13.9. The highest BCUT2D eigenvalue weighted by atomic mass is 32.2. The smallest absolute Gasteiger partial charge is 0.223 e. The molecule has 1 fully saturated rings. The number of rotatable bonds is 4. The number of hydrogen-bond donors (Lipinski definition) is 1. The fourth-order valence-corrected chi connectivity index (χ4v) is 2.43. The first-order valence-corrected chi connectivity index (χ1v) is 7.21. The molecule has 1 aliphatic heterocycles. The lowest BCUT2D eigenvalue weighted by atomic mass is 9.82. The lowest BCUT2D eigenvalue weighted by molar-refractivity contribution is -0.135. The predicted octanol–water partition coefficient (Wildman–Crippen LogP) is 1.75. The van der Waals surface area contributed by atoms with E-state index in [0.717, 1.165) is 19.4 Å². The van der Waals surface area contributed by atoms with Crippen LogP contribution in [0.15, 0.2) is 0 Å². The molecule has 1 N–H and O–H groups in total. The SMILES string of the molecule is CSC(C)CC(=O)N1CCCC(C)(CO)C1. The van der Waals surface area contributed by atoms with Gasteiger partial charge in [0.1, 0.15) is 0 Å². The zero-order chi connectivity index (χ0) is 12.2. The van der Waals surface area contributed by atoms with Gasteiger partial charge in [-0.25, -0.2) is 0 Å². The van der Waals surface area contributed by atoms with Crippen molar-refractivity contribution in [3.63, 3.8) is 0 Å². The van der Waals surface area contributed by atoms with Crippen LogP contribution in [0.5, 0.6) is 0 Å². The molecule has 3 nitrogen and oxygen atoms in total. The second-order valence-corrected chi connectivity index (χ2v) is 6.41. The van der Waals surface area contributed by atoms with Gasteiger partial charge >= 0.3 is 0 Å². The molecule has 94 valence electrons. The summed E-state index contributed by atoms with van der Waals surface area (Å²) in [6, 6.07) is 0. The van der Waals surface area contributed by atoms with Crippen molar-refractivity contribution in [1.29, 1.82) is 0 Å². The molecule has 1 amide bonds. The quantitative estimate of drug-likeness (QED) is 0.820. The first-order valence-electron chi connectivity index (χ1n) is 5.92. The van der Waals surface area contributed by atoms with Crippen LogP contribution < -0.4 is 0 Å². The molecular weight excluding hydrogens is 222 g/mol. The third-order valence-corrected chi connectivity index (χ3v) is 4.35. The minimum absolute atomic E-state index is 0.0868. The summed E-state index contributed by atoms with van der Waals surface area (Å²) in [5.74, 6) is 0.237. The van der Waals surface area contributed by atoms with Crippen LogP contribution in [0.25, 0.3) is 0 Å². The van der Waals surface area contributed by atoms with Gasteiger partial charge < -0.3 is 10.0 Å². The first-order chi connectivity index (χ1) is 7.50. The van der Waals surface area contributed by atoms with Gasteiger partial charge in [-0.05, 0) is 19.1 Å². The van der Waals surface area contributed by atoms with E-state index >= 15 is 0 Å². The van der Waals surface area contributed by atoms with Crippen molar-refractivity contribution >= 4 is 17.7 Å². The third-order valence-electron chi connectivity index (χ3n) is 3.38. The second-order valence-electron chi connectivity index (χ2n) is 5.14. The summed E-state index contributed by atoms with van der Waals surface area (Å²) in [7, 11) is 0. The van der Waals surface area contributed by atoms with E-state index in [-0.39, 0.29) is 17.9 Å². The van der Waals surface area contributed by atoms with Crippen LogP contribution in [0.2, 0.25) is 0 Å². The number of carbonyl (C=O) groups excluding carboxylic acids is 1. The maximum absolute atomic E-state index is 12.0. The number of likely N-dealkylation sites (tertiary alicyclic amines) is 1. The molecule has 0 aliphatic carbocycles. The van der Waals surface area contributed by atoms with Crippen LogP contribution in [-0.4, -0.2) is 47.1 Å². The summed E-state index contributed by atoms with van der Waals surface area (Å²) in [5.41, 5.74) is -0.0868. The van der Waals surface area contributed by atoms with Crippen molar-refractivity contribution in [3.05, 3.63) is 0 Å². The number of thioether (sulfide) groups is 1. The number of amides is 1. The van der Waals surface area contributed by atoms with Gasteiger partial charge in [-0.3, -0.25) is 4.79 Å². The van der Waals surface area contributed by atoms with E-state index in [9.17, 15) is 9.90 Å². The average molecular weight is 245 g/mol. The van der Waals surface area contributed by atoms with Crippen LogP contribution in [0.4, 0.5) is 0 Å². The van der Waals surface area contributed by atoms with Gasteiger partial charge in [0, 0.05) is 30.2 Å². The number of hydrogen-bond acceptors (Lipinski definition) is 3. The van der Waals surface area contributed by atoms with Gasteiger partial charge in [0.05, 0.1) is 6.61 Å². The lowest BCUT2D eigenvalue weighted by Gasteiger charge is -2.39. The van der Waals surface area contributed by atoms with Crippen LogP contribution in [0.3, 0.4) is 0 Å². The van der Waals surface area contributed by atoms with Gasteiger partial charge in [-0.2, -0.15) is 11.8 Å². The molecule has 0 aromatic rings. The lowest BCUT2D eigenvalue weighted by Crippen LogP contribution is -2.46. The number of carbonyl (C=O) groups is 1. The fourth-order valence-electron chi connectivity index (χ4n) is 2.12. The Bertz CT molecular complexity index is 247. The van der Waals surface area contributed by atoms with Gasteiger partial charge in [-0.1, -0.05) is 13.8 Å². The molecule has 0 bridgehead atoms. The highest BCUT2D eigenvalue weighted by molar-refractivity contribution is 7.99. The second kappa shape index (κ2) is 5.92. The van der Waals surface area contributed by atoms with Crippen molar-refractivity contribution in [1.82, 2.24) is 4.90 Å². The largest absolute Gasteiger partial charge is 0.396 e. The van der Waals surface area contributed by atoms with Crippen molar-refractivity contribution in [2.75, 3.05) is 26.0 Å². The van der Waals surface area contributed by atoms with Gasteiger partial charge in [0.15, 0.2) is 0 Å². The molecule has 0 aromatic carbocycles. The topological polar surface area (TPSA) is 40.5 Å². The Hall–Kier alpha value is -0.220. The average Bonchev–Trinajstić information content (AvgIpc) is 2.29. The summed E-state index contributed by atoms with van der Waals surface area (Å²) in [6.45, 7) is 5.88. The Morgan fingerprint density at radius 3 is 2.88 bits per heavy atom. The number of piperidine rings is 1. The van der Waals surface area contributed by atoms with E-state index in [1.54, 1.807) is 11.8 Å². The Labute approximate surface area is 103 Å². The number of nitrogens with zero attached hydrogens (tertiary/aromatic N) is 1. The Balaban J connectivity index is 2.50. The summed E-state index contributed by atoms with van der Waals surface area (Å²) in [5, 5.41) is 9.72. The molecule has 1 rings (SSSR count). The molecule has 4 heteroatoms. The standard InChI is InChI=1S/C12H23NO2S/c1-10(16-3)7-11(15)13-6-4-5-12(2,8-13)9-14/h10,14H,4-9H2,1-3H3. The maximum Gasteiger partial charge on any atom is 0.223 e. The third kappa shape index (κ3) is 3.67. The Kier molecular flexibility index (Phi) is 5.12. The van der Waals surface area contributed by atoms with Crippen LogP contribution in [0.1, 0.15) is 33.1 Å². The molecular formula is C12H23NO2S. The fraction of sp³-hybridized carbons (Fsp3) is 0.917. The molecule has 2 unspecified atom stereocenters. The van der Waals surface area contributed by atoms with Gasteiger partial charge in [-0.15, -0.1) is 0 Å². The van der Waals surface area contributed by atoms with E-state index < -0.39 is 0 Å². The van der Waals surface area contributed by atoms with Crippen molar-refractivity contribution in [2.45, 2.75) is 38.4 Å². The molecule has 1 heterocycles. The molecule has 1 aliphatic rings. The molecule has 0 radical (unpaired) electrons. The van der Waals surface area contributed by atoms with E-state index in [0.29, 0.717) is 18.2 Å². The molecule has 0 saturated carbocycles. The van der Waals surface area contributed by atoms with E-state index in [2.05, 4.69) is 13.8 Å². The predicted molar refractivity (Wildman–Crippen MR) is 68.6 cm³/mol. The maximum atomic E-state index is 12.0. The number of aliphatic hydroxyl groups excluding tert-OH is 1. The Morgan fingerprint density at radius 1 is 1.62 bits per heavy atom. The van der Waals surface area contributed by atoms with Crippen LogP contribution >= 0.6 is 11.8 Å². The molecule has 2 atom stereocenters. The number of aliphatic hydroxyl groups is 1. The minimum Gasteiger partial charge on any atom is -0.396 e. The van der Waals surface area contributed by atoms with Crippen molar-refractivity contribution in [2.24, 2.45) is 5.41 Å².